The fourth-order valence-electron chi connectivity index (χ4n) is 2.82. The molecule has 0 aromatic heterocycles. The van der Waals surface area contributed by atoms with Crippen molar-refractivity contribution in [1.29, 1.82) is 0 Å². The number of ether oxygens (including phenoxy) is 2. The normalized spacial score (nSPS) is 20.0. The third kappa shape index (κ3) is 4.37. The molecule has 1 atom stereocenters. The molecule has 0 fully saturated rings. The first-order valence-corrected chi connectivity index (χ1v) is 8.10. The van der Waals surface area contributed by atoms with Gasteiger partial charge in [-0.1, -0.05) is 13.8 Å². The molecule has 1 heterocycles. The fourth-order valence-corrected chi connectivity index (χ4v) is 2.82. The molecule has 0 amide bonds. The smallest absolute Gasteiger partial charge is 0.125 e. The summed E-state index contributed by atoms with van der Waals surface area (Å²) in [7, 11) is 0. The molecule has 3 nitrogen and oxygen atoms in total. The van der Waals surface area contributed by atoms with E-state index in [-0.39, 0.29) is 5.60 Å². The van der Waals surface area contributed by atoms with Gasteiger partial charge < -0.3 is 14.8 Å². The molecule has 21 heavy (non-hydrogen) atoms. The molecule has 1 aliphatic heterocycles. The molecule has 118 valence electrons. The maximum absolute atomic E-state index is 6.11. The van der Waals surface area contributed by atoms with Crippen LogP contribution in [0.3, 0.4) is 0 Å². The van der Waals surface area contributed by atoms with Gasteiger partial charge in [0, 0.05) is 18.0 Å². The molecular weight excluding hydrogens is 262 g/mol. The van der Waals surface area contributed by atoms with E-state index in [4.69, 9.17) is 9.47 Å². The van der Waals surface area contributed by atoms with Crippen molar-refractivity contribution < 1.29 is 9.47 Å². The van der Waals surface area contributed by atoms with Gasteiger partial charge in [-0.2, -0.15) is 0 Å². The molecule has 3 heteroatoms. The Morgan fingerprint density at radius 2 is 2.14 bits per heavy atom. The molecule has 1 aromatic carbocycles. The van der Waals surface area contributed by atoms with Crippen molar-refractivity contribution in [3.05, 3.63) is 23.8 Å². The van der Waals surface area contributed by atoms with Gasteiger partial charge in [0.2, 0.25) is 0 Å². The Kier molecular flexibility index (Phi) is 5.15. The maximum atomic E-state index is 6.11. The second-order valence-electron chi connectivity index (χ2n) is 6.89. The summed E-state index contributed by atoms with van der Waals surface area (Å²) in [5.41, 5.74) is 1.10. The predicted molar refractivity (Wildman–Crippen MR) is 87.1 cm³/mol. The zero-order chi connectivity index (χ0) is 15.5. The predicted octanol–water partition coefficient (Wildman–Crippen LogP) is 4.32. The van der Waals surface area contributed by atoms with Crippen LogP contribution in [0.4, 0.5) is 0 Å². The number of hydrogen-bond donors (Lipinski definition) is 1. The number of nitrogens with one attached hydrogen (secondary N) is 1. The van der Waals surface area contributed by atoms with Crippen LogP contribution in [0.1, 0.15) is 59.1 Å². The fraction of sp³-hybridized carbons (Fsp3) is 0.667. The van der Waals surface area contributed by atoms with Crippen LogP contribution >= 0.6 is 0 Å². The highest BCUT2D eigenvalue weighted by molar-refractivity contribution is 5.44. The van der Waals surface area contributed by atoms with Gasteiger partial charge in [0.1, 0.15) is 17.1 Å². The van der Waals surface area contributed by atoms with E-state index in [0.29, 0.717) is 12.6 Å². The summed E-state index contributed by atoms with van der Waals surface area (Å²) in [6, 6.07) is 6.50. The third-order valence-corrected chi connectivity index (χ3v) is 3.86. The molecule has 0 saturated carbocycles. The van der Waals surface area contributed by atoms with Gasteiger partial charge in [-0.15, -0.1) is 0 Å². The van der Waals surface area contributed by atoms with E-state index in [1.54, 1.807) is 0 Å². The number of rotatable bonds is 6. The largest absolute Gasteiger partial charge is 0.494 e. The summed E-state index contributed by atoms with van der Waals surface area (Å²) < 4.78 is 11.7. The Hall–Kier alpha value is -1.22. The van der Waals surface area contributed by atoms with Crippen molar-refractivity contribution >= 4 is 0 Å². The van der Waals surface area contributed by atoms with Gasteiger partial charge >= 0.3 is 0 Å². The molecular formula is C18H29NO2. The van der Waals surface area contributed by atoms with E-state index in [9.17, 15) is 0 Å². The summed E-state index contributed by atoms with van der Waals surface area (Å²) in [5.74, 6) is 2.63. The van der Waals surface area contributed by atoms with Crippen molar-refractivity contribution in [3.8, 4) is 11.5 Å². The third-order valence-electron chi connectivity index (χ3n) is 3.86. The molecule has 0 radical (unpaired) electrons. The zero-order valence-corrected chi connectivity index (χ0v) is 14.0. The standard InChI is InChI=1S/C18H29NO2/c1-6-20-14-7-8-17-15(11-14)16(12-18(4,5)21-17)19-10-9-13(2)3/h7-8,11,13,16,19H,6,9-10,12H2,1-5H3. The Morgan fingerprint density at radius 3 is 2.81 bits per heavy atom. The second kappa shape index (κ2) is 6.69. The van der Waals surface area contributed by atoms with Crippen LogP contribution in [0.15, 0.2) is 18.2 Å². The molecule has 1 aromatic rings. The SMILES string of the molecule is CCOc1ccc2c(c1)C(NCCC(C)C)CC(C)(C)O2. The van der Waals surface area contributed by atoms with Crippen LogP contribution in [0.25, 0.3) is 0 Å². The molecule has 1 unspecified atom stereocenters. The summed E-state index contributed by atoms with van der Waals surface area (Å²) >= 11 is 0. The topological polar surface area (TPSA) is 30.5 Å². The van der Waals surface area contributed by atoms with Crippen molar-refractivity contribution in [2.75, 3.05) is 13.2 Å². The average molecular weight is 291 g/mol. The quantitative estimate of drug-likeness (QED) is 0.846. The van der Waals surface area contributed by atoms with Gasteiger partial charge in [0.25, 0.3) is 0 Å². The van der Waals surface area contributed by atoms with Crippen LogP contribution in [-0.2, 0) is 0 Å². The van der Waals surface area contributed by atoms with Crippen LogP contribution < -0.4 is 14.8 Å². The first kappa shape index (κ1) is 16.2. The van der Waals surface area contributed by atoms with E-state index in [2.05, 4.69) is 39.1 Å². The van der Waals surface area contributed by atoms with Crippen molar-refractivity contribution in [2.24, 2.45) is 5.92 Å². The highest BCUT2D eigenvalue weighted by Crippen LogP contribution is 2.41. The van der Waals surface area contributed by atoms with Crippen molar-refractivity contribution in [3.63, 3.8) is 0 Å². The van der Waals surface area contributed by atoms with Gasteiger partial charge in [-0.05, 0) is 57.9 Å². The minimum absolute atomic E-state index is 0.129. The lowest BCUT2D eigenvalue weighted by atomic mass is 9.89. The molecule has 0 spiro atoms. The van der Waals surface area contributed by atoms with E-state index < -0.39 is 0 Å². The highest BCUT2D eigenvalue weighted by atomic mass is 16.5. The summed E-state index contributed by atoms with van der Waals surface area (Å²) in [4.78, 5) is 0. The van der Waals surface area contributed by atoms with E-state index >= 15 is 0 Å². The van der Waals surface area contributed by atoms with E-state index in [1.165, 1.54) is 12.0 Å². The summed E-state index contributed by atoms with van der Waals surface area (Å²) in [5, 5.41) is 3.70. The van der Waals surface area contributed by atoms with Gasteiger partial charge in [0.05, 0.1) is 6.61 Å². The average Bonchev–Trinajstić information content (AvgIpc) is 2.38. The van der Waals surface area contributed by atoms with Crippen molar-refractivity contribution in [2.45, 2.75) is 59.1 Å². The maximum Gasteiger partial charge on any atom is 0.125 e. The summed E-state index contributed by atoms with van der Waals surface area (Å²) in [6.45, 7) is 12.6. The molecule has 0 saturated heterocycles. The minimum Gasteiger partial charge on any atom is -0.494 e. The Labute approximate surface area is 129 Å². The van der Waals surface area contributed by atoms with Crippen LogP contribution in [-0.4, -0.2) is 18.8 Å². The minimum atomic E-state index is -0.129. The van der Waals surface area contributed by atoms with E-state index in [1.807, 2.05) is 19.1 Å². The molecule has 1 aliphatic rings. The van der Waals surface area contributed by atoms with Crippen molar-refractivity contribution in [1.82, 2.24) is 5.32 Å². The number of hydrogen-bond acceptors (Lipinski definition) is 3. The number of benzene rings is 1. The second-order valence-corrected chi connectivity index (χ2v) is 6.89. The lowest BCUT2D eigenvalue weighted by molar-refractivity contribution is 0.0656. The molecule has 0 aliphatic carbocycles. The van der Waals surface area contributed by atoms with Gasteiger partial charge in [-0.25, -0.2) is 0 Å². The van der Waals surface area contributed by atoms with E-state index in [0.717, 1.165) is 30.4 Å². The Morgan fingerprint density at radius 1 is 1.38 bits per heavy atom. The number of fused-ring (bicyclic) bond motifs is 1. The van der Waals surface area contributed by atoms with Crippen LogP contribution in [0.5, 0.6) is 11.5 Å². The zero-order valence-electron chi connectivity index (χ0n) is 14.0. The Balaban J connectivity index is 2.18. The highest BCUT2D eigenvalue weighted by Gasteiger charge is 2.33. The van der Waals surface area contributed by atoms with Crippen LogP contribution in [0, 0.1) is 5.92 Å². The first-order valence-electron chi connectivity index (χ1n) is 8.10. The molecule has 1 N–H and O–H groups in total. The van der Waals surface area contributed by atoms with Gasteiger partial charge in [-0.3, -0.25) is 0 Å². The molecule has 2 rings (SSSR count). The lowest BCUT2D eigenvalue weighted by Gasteiger charge is -2.38. The lowest BCUT2D eigenvalue weighted by Crippen LogP contribution is -2.39. The first-order chi connectivity index (χ1) is 9.91. The summed E-state index contributed by atoms with van der Waals surface area (Å²) in [6.07, 6.45) is 2.17. The monoisotopic (exact) mass is 291 g/mol. The Bertz CT molecular complexity index is 468. The van der Waals surface area contributed by atoms with Crippen LogP contribution in [0.2, 0.25) is 0 Å². The molecule has 0 bridgehead atoms. The van der Waals surface area contributed by atoms with Gasteiger partial charge in [0.15, 0.2) is 0 Å².